The number of ether oxygens (including phenoxy) is 1. The van der Waals surface area contributed by atoms with Gasteiger partial charge < -0.3 is 4.74 Å². The van der Waals surface area contributed by atoms with Gasteiger partial charge in [0.25, 0.3) is 0 Å². The number of fused-ring (bicyclic) bond motifs is 2. The Morgan fingerprint density at radius 2 is 1.47 bits per heavy atom. The molecule has 5 aromatic rings. The summed E-state index contributed by atoms with van der Waals surface area (Å²) in [5.74, 6) is 0.146. The highest BCUT2D eigenvalue weighted by atomic mass is 79.9. The second kappa shape index (κ2) is 7.73. The van der Waals surface area contributed by atoms with Crippen LogP contribution in [0.1, 0.15) is 10.4 Å². The van der Waals surface area contributed by atoms with E-state index in [1.807, 2.05) is 91.0 Å². The quantitative estimate of drug-likeness (QED) is 0.217. The normalized spacial score (nSPS) is 11.0. The van der Waals surface area contributed by atoms with Crippen molar-refractivity contribution in [3.05, 3.63) is 107 Å². The van der Waals surface area contributed by atoms with Crippen LogP contribution in [0.4, 0.5) is 0 Å². The Hall–Kier alpha value is -3.50. The molecule has 4 aromatic carbocycles. The van der Waals surface area contributed by atoms with Gasteiger partial charge in [0.2, 0.25) is 0 Å². The molecule has 0 saturated heterocycles. The maximum atomic E-state index is 13.3. The van der Waals surface area contributed by atoms with Crippen LogP contribution in [0.5, 0.6) is 5.75 Å². The highest BCUT2D eigenvalue weighted by Crippen LogP contribution is 2.29. The standard InChI is InChI=1S/C26H16BrNO2/c27-19-14-12-18(13-15-19)24-16-22(21-9-3-4-10-23(21)28-24)26(29)30-25-11-5-7-17-6-1-2-8-20(17)25/h1-16H. The fourth-order valence-corrected chi connectivity index (χ4v) is 3.82. The molecular weight excluding hydrogens is 438 g/mol. The van der Waals surface area contributed by atoms with E-state index in [-0.39, 0.29) is 0 Å². The fraction of sp³-hybridized carbons (Fsp3) is 0. The number of rotatable bonds is 3. The molecule has 0 aliphatic heterocycles. The number of nitrogens with zero attached hydrogens (tertiary/aromatic N) is 1. The Bertz CT molecular complexity index is 1390. The molecule has 0 aliphatic carbocycles. The molecule has 0 N–H and O–H groups in total. The fourth-order valence-electron chi connectivity index (χ4n) is 3.55. The van der Waals surface area contributed by atoms with Crippen molar-refractivity contribution in [1.82, 2.24) is 4.98 Å². The number of aromatic nitrogens is 1. The summed E-state index contributed by atoms with van der Waals surface area (Å²) in [4.78, 5) is 18.0. The molecule has 1 heterocycles. The summed E-state index contributed by atoms with van der Waals surface area (Å²) in [5.41, 5.74) is 2.91. The van der Waals surface area contributed by atoms with Crippen LogP contribution in [0.3, 0.4) is 0 Å². The van der Waals surface area contributed by atoms with Gasteiger partial charge in [0.15, 0.2) is 0 Å². The maximum Gasteiger partial charge on any atom is 0.344 e. The summed E-state index contributed by atoms with van der Waals surface area (Å²) in [6, 6.07) is 30.9. The molecule has 0 fully saturated rings. The van der Waals surface area contributed by atoms with Gasteiger partial charge in [-0.25, -0.2) is 9.78 Å². The number of esters is 1. The average molecular weight is 454 g/mol. The molecule has 0 amide bonds. The summed E-state index contributed by atoms with van der Waals surface area (Å²) in [5, 5.41) is 2.70. The van der Waals surface area contributed by atoms with Crippen molar-refractivity contribution in [2.24, 2.45) is 0 Å². The van der Waals surface area contributed by atoms with Gasteiger partial charge in [-0.2, -0.15) is 0 Å². The van der Waals surface area contributed by atoms with Gasteiger partial charge in [0.1, 0.15) is 5.75 Å². The van der Waals surface area contributed by atoms with Crippen LogP contribution < -0.4 is 4.74 Å². The zero-order chi connectivity index (χ0) is 20.5. The lowest BCUT2D eigenvalue weighted by atomic mass is 10.0. The topological polar surface area (TPSA) is 39.2 Å². The van der Waals surface area contributed by atoms with Gasteiger partial charge in [-0.1, -0.05) is 82.7 Å². The van der Waals surface area contributed by atoms with Crippen LogP contribution in [-0.4, -0.2) is 11.0 Å². The summed E-state index contributed by atoms with van der Waals surface area (Å²) >= 11 is 3.46. The van der Waals surface area contributed by atoms with Gasteiger partial charge >= 0.3 is 5.97 Å². The third kappa shape index (κ3) is 3.46. The second-order valence-electron chi connectivity index (χ2n) is 6.95. The first kappa shape index (κ1) is 18.5. The molecule has 0 atom stereocenters. The van der Waals surface area contributed by atoms with Gasteiger partial charge in [-0.05, 0) is 35.7 Å². The Morgan fingerprint density at radius 3 is 2.30 bits per heavy atom. The lowest BCUT2D eigenvalue weighted by Crippen LogP contribution is -2.10. The molecule has 144 valence electrons. The Labute approximate surface area is 182 Å². The number of carbonyl (C=O) groups excluding carboxylic acids is 1. The van der Waals surface area contributed by atoms with Crippen LogP contribution in [0.25, 0.3) is 32.9 Å². The number of halogens is 1. The van der Waals surface area contributed by atoms with E-state index in [1.54, 1.807) is 6.07 Å². The highest BCUT2D eigenvalue weighted by molar-refractivity contribution is 9.10. The average Bonchev–Trinajstić information content (AvgIpc) is 2.79. The molecule has 1 aromatic heterocycles. The zero-order valence-corrected chi connectivity index (χ0v) is 17.5. The summed E-state index contributed by atoms with van der Waals surface area (Å²) < 4.78 is 6.85. The Kier molecular flexibility index (Phi) is 4.77. The molecule has 0 bridgehead atoms. The van der Waals surface area contributed by atoms with E-state index >= 15 is 0 Å². The molecule has 30 heavy (non-hydrogen) atoms. The Balaban J connectivity index is 1.62. The first-order chi connectivity index (χ1) is 14.7. The minimum absolute atomic E-state index is 0.400. The third-order valence-corrected chi connectivity index (χ3v) is 5.56. The molecule has 0 radical (unpaired) electrons. The number of hydrogen-bond acceptors (Lipinski definition) is 3. The van der Waals surface area contributed by atoms with Crippen molar-refractivity contribution in [2.75, 3.05) is 0 Å². The summed E-state index contributed by atoms with van der Waals surface area (Å²) in [7, 11) is 0. The van der Waals surface area contributed by atoms with Crippen molar-refractivity contribution in [3.63, 3.8) is 0 Å². The van der Waals surface area contributed by atoms with Gasteiger partial charge in [-0.3, -0.25) is 0 Å². The SMILES string of the molecule is O=C(Oc1cccc2ccccc12)c1cc(-c2ccc(Br)cc2)nc2ccccc12. The molecule has 5 rings (SSSR count). The van der Waals surface area contributed by atoms with E-state index in [9.17, 15) is 4.79 Å². The molecule has 0 spiro atoms. The summed E-state index contributed by atoms with van der Waals surface area (Å²) in [6.45, 7) is 0. The van der Waals surface area contributed by atoms with E-state index in [4.69, 9.17) is 9.72 Å². The molecule has 3 nitrogen and oxygen atoms in total. The van der Waals surface area contributed by atoms with Crippen LogP contribution in [0, 0.1) is 0 Å². The van der Waals surface area contributed by atoms with Crippen molar-refractivity contribution in [1.29, 1.82) is 0 Å². The van der Waals surface area contributed by atoms with Gasteiger partial charge in [0.05, 0.1) is 16.8 Å². The predicted octanol–water partition coefficient (Wildman–Crippen LogP) is 7.04. The minimum Gasteiger partial charge on any atom is -0.422 e. The zero-order valence-electron chi connectivity index (χ0n) is 15.9. The number of para-hydroxylation sites is 1. The van der Waals surface area contributed by atoms with Gasteiger partial charge in [-0.15, -0.1) is 0 Å². The molecule has 0 aliphatic rings. The van der Waals surface area contributed by atoms with E-state index in [1.165, 1.54) is 0 Å². The lowest BCUT2D eigenvalue weighted by Gasteiger charge is -2.11. The number of carbonyl (C=O) groups is 1. The number of pyridine rings is 1. The monoisotopic (exact) mass is 453 g/mol. The molecule has 4 heteroatoms. The largest absolute Gasteiger partial charge is 0.422 e. The third-order valence-electron chi connectivity index (χ3n) is 5.03. The van der Waals surface area contributed by atoms with Crippen molar-refractivity contribution in [3.8, 4) is 17.0 Å². The van der Waals surface area contributed by atoms with E-state index < -0.39 is 5.97 Å². The van der Waals surface area contributed by atoms with Crippen LogP contribution in [0.2, 0.25) is 0 Å². The van der Waals surface area contributed by atoms with Crippen LogP contribution >= 0.6 is 15.9 Å². The van der Waals surface area contributed by atoms with Crippen molar-refractivity contribution < 1.29 is 9.53 Å². The van der Waals surface area contributed by atoms with Crippen LogP contribution in [0.15, 0.2) is 102 Å². The van der Waals surface area contributed by atoms with Crippen molar-refractivity contribution >= 4 is 43.6 Å². The minimum atomic E-state index is -0.400. The molecule has 0 unspecified atom stereocenters. The Morgan fingerprint density at radius 1 is 0.767 bits per heavy atom. The maximum absolute atomic E-state index is 13.3. The first-order valence-electron chi connectivity index (χ1n) is 9.55. The van der Waals surface area contributed by atoms with E-state index in [0.717, 1.165) is 37.4 Å². The van der Waals surface area contributed by atoms with Gasteiger partial charge in [0, 0.05) is 20.8 Å². The predicted molar refractivity (Wildman–Crippen MR) is 124 cm³/mol. The first-order valence-corrected chi connectivity index (χ1v) is 10.3. The molecule has 0 saturated carbocycles. The lowest BCUT2D eigenvalue weighted by molar-refractivity contribution is 0.0739. The summed E-state index contributed by atoms with van der Waals surface area (Å²) in [6.07, 6.45) is 0. The molecular formula is C26H16BrNO2. The van der Waals surface area contributed by atoms with Crippen LogP contribution in [-0.2, 0) is 0 Å². The smallest absolute Gasteiger partial charge is 0.344 e. The van der Waals surface area contributed by atoms with E-state index in [2.05, 4.69) is 15.9 Å². The highest BCUT2D eigenvalue weighted by Gasteiger charge is 2.17. The van der Waals surface area contributed by atoms with Crippen molar-refractivity contribution in [2.45, 2.75) is 0 Å². The second-order valence-corrected chi connectivity index (χ2v) is 7.86. The van der Waals surface area contributed by atoms with E-state index in [0.29, 0.717) is 11.3 Å². The number of benzene rings is 4. The number of hydrogen-bond donors (Lipinski definition) is 0.